The molecule has 1 aromatic heterocycles. The third-order valence-corrected chi connectivity index (χ3v) is 2.68. The molecule has 0 saturated carbocycles. The number of aryl methyl sites for hydroxylation is 1. The number of methoxy groups -OCH3 is 1. The van der Waals surface area contributed by atoms with Gasteiger partial charge in [-0.1, -0.05) is 0 Å². The number of ether oxygens (including phenoxy) is 1. The van der Waals surface area contributed by atoms with Crippen molar-refractivity contribution in [3.05, 3.63) is 35.5 Å². The Balaban J connectivity index is 2.64. The van der Waals surface area contributed by atoms with Crippen LogP contribution in [-0.4, -0.2) is 25.0 Å². The number of hydrogen-bond donors (Lipinski definition) is 1. The lowest BCUT2D eigenvalue weighted by molar-refractivity contribution is 0.0962. The molecule has 0 saturated heterocycles. The van der Waals surface area contributed by atoms with E-state index in [-0.39, 0.29) is 5.91 Å². The second-order valence-electron chi connectivity index (χ2n) is 3.76. The molecule has 1 N–H and O–H groups in total. The first-order valence-corrected chi connectivity index (χ1v) is 5.33. The Morgan fingerprint density at radius 3 is 2.76 bits per heavy atom. The van der Waals surface area contributed by atoms with Crippen LogP contribution in [0.4, 0.5) is 0 Å². The average molecular weight is 230 g/mol. The smallest absolute Gasteiger partial charge is 0.252 e. The van der Waals surface area contributed by atoms with E-state index in [9.17, 15) is 4.79 Å². The van der Waals surface area contributed by atoms with E-state index in [1.54, 1.807) is 14.2 Å². The van der Waals surface area contributed by atoms with Gasteiger partial charge in [-0.25, -0.2) is 0 Å². The number of nitrogens with zero attached hydrogens (tertiary/aromatic N) is 1. The third-order valence-electron chi connectivity index (χ3n) is 2.68. The Labute approximate surface area is 99.6 Å². The van der Waals surface area contributed by atoms with E-state index in [4.69, 9.17) is 4.74 Å². The van der Waals surface area contributed by atoms with E-state index in [2.05, 4.69) is 10.3 Å². The first-order chi connectivity index (χ1) is 8.15. The molecule has 4 nitrogen and oxygen atoms in total. The van der Waals surface area contributed by atoms with Crippen LogP contribution in [0.3, 0.4) is 0 Å². The largest absolute Gasteiger partial charge is 0.497 e. The molecule has 0 bridgehead atoms. The minimum atomic E-state index is -0.125. The van der Waals surface area contributed by atoms with Gasteiger partial charge >= 0.3 is 0 Å². The lowest BCUT2D eigenvalue weighted by Gasteiger charge is -2.07. The van der Waals surface area contributed by atoms with Crippen molar-refractivity contribution in [2.45, 2.75) is 6.92 Å². The van der Waals surface area contributed by atoms with Crippen LogP contribution in [-0.2, 0) is 0 Å². The van der Waals surface area contributed by atoms with Gasteiger partial charge in [-0.05, 0) is 31.2 Å². The number of benzene rings is 1. The van der Waals surface area contributed by atoms with E-state index in [0.29, 0.717) is 5.56 Å². The summed E-state index contributed by atoms with van der Waals surface area (Å²) in [6.45, 7) is 1.83. The van der Waals surface area contributed by atoms with Crippen molar-refractivity contribution in [2.24, 2.45) is 0 Å². The third kappa shape index (κ3) is 2.06. The molecule has 0 aliphatic rings. The molecule has 0 aliphatic carbocycles. The molecule has 0 aliphatic heterocycles. The van der Waals surface area contributed by atoms with E-state index >= 15 is 0 Å². The zero-order chi connectivity index (χ0) is 12.4. The van der Waals surface area contributed by atoms with Crippen LogP contribution in [0.1, 0.15) is 16.1 Å². The van der Waals surface area contributed by atoms with Gasteiger partial charge in [-0.3, -0.25) is 9.78 Å². The summed E-state index contributed by atoms with van der Waals surface area (Å²) in [4.78, 5) is 16.1. The molecule has 17 heavy (non-hydrogen) atoms. The SMILES string of the molecule is CNC(=O)c1cc2cc(OC)ccc2nc1C. The predicted octanol–water partition coefficient (Wildman–Crippen LogP) is 1.91. The quantitative estimate of drug-likeness (QED) is 0.857. The summed E-state index contributed by atoms with van der Waals surface area (Å²) in [6.07, 6.45) is 0. The number of carbonyl (C=O) groups excluding carboxylic acids is 1. The van der Waals surface area contributed by atoms with Gasteiger partial charge in [0.25, 0.3) is 5.91 Å². The summed E-state index contributed by atoms with van der Waals surface area (Å²) in [6, 6.07) is 7.44. The highest BCUT2D eigenvalue weighted by atomic mass is 16.5. The molecular formula is C13H14N2O2. The Bertz CT molecular complexity index is 579. The highest BCUT2D eigenvalue weighted by molar-refractivity contribution is 5.98. The molecule has 0 fully saturated rings. The number of carbonyl (C=O) groups is 1. The number of nitrogens with one attached hydrogen (secondary N) is 1. The van der Waals surface area contributed by atoms with Crippen molar-refractivity contribution < 1.29 is 9.53 Å². The summed E-state index contributed by atoms with van der Waals surface area (Å²) < 4.78 is 5.15. The van der Waals surface area contributed by atoms with Crippen molar-refractivity contribution in [2.75, 3.05) is 14.2 Å². The van der Waals surface area contributed by atoms with Crippen molar-refractivity contribution in [1.82, 2.24) is 10.3 Å². The van der Waals surface area contributed by atoms with Crippen molar-refractivity contribution in [3.8, 4) is 5.75 Å². The van der Waals surface area contributed by atoms with Crippen LogP contribution in [0.5, 0.6) is 5.75 Å². The molecule has 1 aromatic carbocycles. The second kappa shape index (κ2) is 4.41. The number of amides is 1. The number of hydrogen-bond acceptors (Lipinski definition) is 3. The molecule has 88 valence electrons. The Morgan fingerprint density at radius 2 is 2.12 bits per heavy atom. The van der Waals surface area contributed by atoms with Gasteiger partial charge in [0.2, 0.25) is 0 Å². The Kier molecular flexibility index (Phi) is 2.95. The first kappa shape index (κ1) is 11.4. The van der Waals surface area contributed by atoms with Crippen LogP contribution in [0.2, 0.25) is 0 Å². The van der Waals surface area contributed by atoms with Crippen LogP contribution in [0, 0.1) is 6.92 Å². The summed E-state index contributed by atoms with van der Waals surface area (Å²) in [7, 11) is 3.22. The van der Waals surface area contributed by atoms with Gasteiger partial charge in [0.15, 0.2) is 0 Å². The van der Waals surface area contributed by atoms with Crippen LogP contribution in [0.25, 0.3) is 10.9 Å². The molecule has 4 heteroatoms. The normalized spacial score (nSPS) is 10.3. The molecule has 1 amide bonds. The van der Waals surface area contributed by atoms with E-state index in [1.165, 1.54) is 0 Å². The van der Waals surface area contributed by atoms with Crippen molar-refractivity contribution in [1.29, 1.82) is 0 Å². The lowest BCUT2D eigenvalue weighted by atomic mass is 10.1. The topological polar surface area (TPSA) is 51.2 Å². The zero-order valence-electron chi connectivity index (χ0n) is 10.1. The second-order valence-corrected chi connectivity index (χ2v) is 3.76. The fourth-order valence-electron chi connectivity index (χ4n) is 1.74. The molecule has 0 radical (unpaired) electrons. The average Bonchev–Trinajstić information content (AvgIpc) is 2.36. The monoisotopic (exact) mass is 230 g/mol. The summed E-state index contributed by atoms with van der Waals surface area (Å²) >= 11 is 0. The van der Waals surface area contributed by atoms with Crippen LogP contribution < -0.4 is 10.1 Å². The summed E-state index contributed by atoms with van der Waals surface area (Å²) in [5, 5.41) is 3.50. The molecular weight excluding hydrogens is 216 g/mol. The van der Waals surface area contributed by atoms with E-state index in [0.717, 1.165) is 22.3 Å². The van der Waals surface area contributed by atoms with Gasteiger partial charge in [0.1, 0.15) is 5.75 Å². The summed E-state index contributed by atoms with van der Waals surface area (Å²) in [5.74, 6) is 0.630. The molecule has 1 heterocycles. The number of rotatable bonds is 2. The molecule has 0 spiro atoms. The lowest BCUT2D eigenvalue weighted by Crippen LogP contribution is -2.19. The van der Waals surface area contributed by atoms with Crippen LogP contribution in [0.15, 0.2) is 24.3 Å². The van der Waals surface area contributed by atoms with Gasteiger partial charge in [-0.15, -0.1) is 0 Å². The fourth-order valence-corrected chi connectivity index (χ4v) is 1.74. The maximum atomic E-state index is 11.7. The van der Waals surface area contributed by atoms with Crippen molar-refractivity contribution >= 4 is 16.8 Å². The van der Waals surface area contributed by atoms with Crippen molar-refractivity contribution in [3.63, 3.8) is 0 Å². The minimum absolute atomic E-state index is 0.125. The first-order valence-electron chi connectivity index (χ1n) is 5.33. The van der Waals surface area contributed by atoms with E-state index in [1.807, 2.05) is 31.2 Å². The predicted molar refractivity (Wildman–Crippen MR) is 66.4 cm³/mol. The molecule has 0 atom stereocenters. The highest BCUT2D eigenvalue weighted by Gasteiger charge is 2.10. The molecule has 2 aromatic rings. The Hall–Kier alpha value is -2.10. The number of aromatic nitrogens is 1. The highest BCUT2D eigenvalue weighted by Crippen LogP contribution is 2.21. The van der Waals surface area contributed by atoms with Gasteiger partial charge in [-0.2, -0.15) is 0 Å². The zero-order valence-corrected chi connectivity index (χ0v) is 10.1. The maximum absolute atomic E-state index is 11.7. The standard InChI is InChI=1S/C13H14N2O2/c1-8-11(13(16)14-2)7-9-6-10(17-3)4-5-12(9)15-8/h4-7H,1-3H3,(H,14,16). The number of fused-ring (bicyclic) bond motifs is 1. The minimum Gasteiger partial charge on any atom is -0.497 e. The van der Waals surface area contributed by atoms with E-state index < -0.39 is 0 Å². The van der Waals surface area contributed by atoms with Gasteiger partial charge in [0.05, 0.1) is 23.9 Å². The number of pyridine rings is 1. The van der Waals surface area contributed by atoms with Gasteiger partial charge in [0, 0.05) is 12.4 Å². The van der Waals surface area contributed by atoms with Gasteiger partial charge < -0.3 is 10.1 Å². The summed E-state index contributed by atoms with van der Waals surface area (Å²) in [5.41, 5.74) is 2.17. The maximum Gasteiger partial charge on any atom is 0.252 e. The molecule has 0 unspecified atom stereocenters. The van der Waals surface area contributed by atoms with Crippen LogP contribution >= 0.6 is 0 Å². The molecule has 2 rings (SSSR count). The Morgan fingerprint density at radius 1 is 1.35 bits per heavy atom. The fraction of sp³-hybridized carbons (Fsp3) is 0.231.